The maximum Gasteiger partial charge on any atom is 0.254 e. The first-order valence-electron chi connectivity index (χ1n) is 11.1. The molecule has 4 aromatic rings. The van der Waals surface area contributed by atoms with E-state index in [0.29, 0.717) is 49.0 Å². The van der Waals surface area contributed by atoms with Crippen LogP contribution < -0.4 is 5.56 Å². The number of hydrogen-bond acceptors (Lipinski definition) is 6. The van der Waals surface area contributed by atoms with Crippen molar-refractivity contribution in [3.8, 4) is 11.4 Å². The van der Waals surface area contributed by atoms with Crippen molar-refractivity contribution in [2.45, 2.75) is 19.9 Å². The third kappa shape index (κ3) is 4.17. The normalized spacial score (nSPS) is 15.6. The number of rotatable bonds is 4. The fourth-order valence-electron chi connectivity index (χ4n) is 4.25. The first-order valence-corrected chi connectivity index (χ1v) is 11.1. The Morgan fingerprint density at radius 3 is 2.55 bits per heavy atom. The average molecular weight is 444 g/mol. The summed E-state index contributed by atoms with van der Waals surface area (Å²) in [5.74, 6) is 1.02. The van der Waals surface area contributed by atoms with E-state index >= 15 is 0 Å². The van der Waals surface area contributed by atoms with Gasteiger partial charge < -0.3 is 14.4 Å². The van der Waals surface area contributed by atoms with Gasteiger partial charge in [0, 0.05) is 48.7 Å². The zero-order valence-electron chi connectivity index (χ0n) is 18.6. The number of benzene rings is 2. The van der Waals surface area contributed by atoms with Crippen LogP contribution in [0.1, 0.15) is 34.8 Å². The second kappa shape index (κ2) is 8.63. The number of piperazine rings is 1. The Balaban J connectivity index is 1.27. The van der Waals surface area contributed by atoms with E-state index in [-0.39, 0.29) is 17.5 Å². The average Bonchev–Trinajstić information content (AvgIpc) is 3.33. The van der Waals surface area contributed by atoms with Crippen LogP contribution in [0.3, 0.4) is 0 Å². The molecule has 0 aliphatic carbocycles. The molecule has 3 heterocycles. The number of H-pyrrole nitrogens is 1. The fraction of sp³-hybridized carbons (Fsp3) is 0.280. The number of nitrogens with zero attached hydrogens (tertiary/aromatic N) is 4. The summed E-state index contributed by atoms with van der Waals surface area (Å²) in [6, 6.07) is 16.7. The first kappa shape index (κ1) is 21.1. The van der Waals surface area contributed by atoms with Gasteiger partial charge in [0.25, 0.3) is 5.91 Å². The number of para-hydroxylation sites is 1. The lowest BCUT2D eigenvalue weighted by Gasteiger charge is -2.36. The highest BCUT2D eigenvalue weighted by Gasteiger charge is 2.29. The lowest BCUT2D eigenvalue weighted by molar-refractivity contribution is 0.0553. The van der Waals surface area contributed by atoms with E-state index in [1.165, 1.54) is 11.6 Å². The standard InChI is InChI=1S/C25H25N5O3/c1-16-7-9-18(10-8-16)23-27-24(33-28-23)17(2)29-11-13-30(14-12-29)25(32)20-15-22(31)26-21-6-4-3-5-19(20)21/h3-10,15,17H,11-14H2,1-2H3,(H,26,31)/t17-/m1/s1. The van der Waals surface area contributed by atoms with Crippen LogP contribution in [-0.2, 0) is 0 Å². The molecule has 1 N–H and O–H groups in total. The molecular weight excluding hydrogens is 418 g/mol. The molecule has 1 atom stereocenters. The summed E-state index contributed by atoms with van der Waals surface area (Å²) in [5, 5.41) is 4.90. The van der Waals surface area contributed by atoms with Crippen molar-refractivity contribution in [2.75, 3.05) is 26.2 Å². The number of amides is 1. The van der Waals surface area contributed by atoms with Crippen LogP contribution in [0.15, 0.2) is 63.9 Å². The fourth-order valence-corrected chi connectivity index (χ4v) is 4.25. The van der Waals surface area contributed by atoms with Crippen LogP contribution >= 0.6 is 0 Å². The molecule has 0 spiro atoms. The van der Waals surface area contributed by atoms with Gasteiger partial charge in [-0.15, -0.1) is 0 Å². The predicted molar refractivity (Wildman–Crippen MR) is 125 cm³/mol. The molecule has 1 aliphatic heterocycles. The molecule has 0 unspecified atom stereocenters. The summed E-state index contributed by atoms with van der Waals surface area (Å²) in [6.07, 6.45) is 0. The number of carbonyl (C=O) groups excluding carboxylic acids is 1. The van der Waals surface area contributed by atoms with E-state index in [0.717, 1.165) is 10.9 Å². The van der Waals surface area contributed by atoms with Crippen LogP contribution in [0, 0.1) is 6.92 Å². The Morgan fingerprint density at radius 1 is 1.06 bits per heavy atom. The van der Waals surface area contributed by atoms with Gasteiger partial charge >= 0.3 is 0 Å². The quantitative estimate of drug-likeness (QED) is 0.519. The number of hydrogen-bond donors (Lipinski definition) is 1. The topological polar surface area (TPSA) is 95.3 Å². The summed E-state index contributed by atoms with van der Waals surface area (Å²) in [6.45, 7) is 6.55. The lowest BCUT2D eigenvalue weighted by Crippen LogP contribution is -2.49. The van der Waals surface area contributed by atoms with E-state index in [2.05, 4.69) is 20.0 Å². The minimum Gasteiger partial charge on any atom is -0.337 e. The van der Waals surface area contributed by atoms with Gasteiger partial charge in [-0.1, -0.05) is 53.2 Å². The van der Waals surface area contributed by atoms with Crippen LogP contribution in [0.5, 0.6) is 0 Å². The highest BCUT2D eigenvalue weighted by molar-refractivity contribution is 6.06. The predicted octanol–water partition coefficient (Wildman–Crippen LogP) is 3.41. The molecule has 2 aromatic heterocycles. The molecule has 168 valence electrons. The summed E-state index contributed by atoms with van der Waals surface area (Å²) >= 11 is 0. The third-order valence-electron chi connectivity index (χ3n) is 6.24. The van der Waals surface area contributed by atoms with E-state index in [1.54, 1.807) is 4.90 Å². The van der Waals surface area contributed by atoms with Gasteiger partial charge in [-0.05, 0) is 19.9 Å². The Labute approximate surface area is 190 Å². The van der Waals surface area contributed by atoms with E-state index in [1.807, 2.05) is 62.4 Å². The summed E-state index contributed by atoms with van der Waals surface area (Å²) in [4.78, 5) is 36.7. The van der Waals surface area contributed by atoms with Crippen LogP contribution in [0.2, 0.25) is 0 Å². The second-order valence-corrected chi connectivity index (χ2v) is 8.42. The monoisotopic (exact) mass is 443 g/mol. The van der Waals surface area contributed by atoms with Crippen molar-refractivity contribution in [3.05, 3.63) is 82.0 Å². The highest BCUT2D eigenvalue weighted by atomic mass is 16.5. The van der Waals surface area contributed by atoms with Gasteiger partial charge in [0.2, 0.25) is 17.3 Å². The summed E-state index contributed by atoms with van der Waals surface area (Å²) in [5.41, 5.74) is 2.93. The molecule has 0 bridgehead atoms. The molecule has 33 heavy (non-hydrogen) atoms. The second-order valence-electron chi connectivity index (χ2n) is 8.42. The highest BCUT2D eigenvalue weighted by Crippen LogP contribution is 2.24. The molecule has 1 saturated heterocycles. The summed E-state index contributed by atoms with van der Waals surface area (Å²) < 4.78 is 5.55. The maximum atomic E-state index is 13.2. The third-order valence-corrected chi connectivity index (χ3v) is 6.24. The zero-order chi connectivity index (χ0) is 22.9. The van der Waals surface area contributed by atoms with Crippen molar-refractivity contribution in [2.24, 2.45) is 0 Å². The van der Waals surface area contributed by atoms with Crippen molar-refractivity contribution in [3.63, 3.8) is 0 Å². The molecule has 1 fully saturated rings. The smallest absolute Gasteiger partial charge is 0.254 e. The number of nitrogens with one attached hydrogen (secondary N) is 1. The largest absolute Gasteiger partial charge is 0.337 e. The van der Waals surface area contributed by atoms with Crippen LogP contribution in [0.25, 0.3) is 22.3 Å². The van der Waals surface area contributed by atoms with E-state index in [4.69, 9.17) is 4.52 Å². The number of fused-ring (bicyclic) bond motifs is 1. The van der Waals surface area contributed by atoms with Crippen molar-refractivity contribution >= 4 is 16.8 Å². The van der Waals surface area contributed by atoms with Gasteiger partial charge in [0.1, 0.15) is 0 Å². The molecule has 0 saturated carbocycles. The minimum atomic E-state index is -0.273. The maximum absolute atomic E-state index is 13.2. The van der Waals surface area contributed by atoms with Gasteiger partial charge in [0.15, 0.2) is 0 Å². The molecule has 8 heteroatoms. The molecule has 8 nitrogen and oxygen atoms in total. The molecule has 5 rings (SSSR count). The van der Waals surface area contributed by atoms with Crippen molar-refractivity contribution in [1.29, 1.82) is 0 Å². The Hall–Kier alpha value is -3.78. The number of aromatic amines is 1. The van der Waals surface area contributed by atoms with Gasteiger partial charge in [-0.2, -0.15) is 4.98 Å². The SMILES string of the molecule is Cc1ccc(-c2noc([C@@H](C)N3CCN(C(=O)c4cc(=O)[nH]c5ccccc45)CC3)n2)cc1. The van der Waals surface area contributed by atoms with Gasteiger partial charge in [-0.25, -0.2) is 0 Å². The van der Waals surface area contributed by atoms with E-state index in [9.17, 15) is 9.59 Å². The molecule has 1 amide bonds. The minimum absolute atomic E-state index is 0.0608. The number of carbonyl (C=O) groups is 1. The molecule has 2 aromatic carbocycles. The summed E-state index contributed by atoms with van der Waals surface area (Å²) in [7, 11) is 0. The zero-order valence-corrected chi connectivity index (χ0v) is 18.6. The number of aromatic nitrogens is 3. The molecule has 1 aliphatic rings. The van der Waals surface area contributed by atoms with Gasteiger partial charge in [0.05, 0.1) is 11.6 Å². The van der Waals surface area contributed by atoms with E-state index < -0.39 is 0 Å². The number of aryl methyl sites for hydroxylation is 1. The lowest BCUT2D eigenvalue weighted by atomic mass is 10.1. The van der Waals surface area contributed by atoms with Crippen molar-refractivity contribution in [1.82, 2.24) is 24.9 Å². The van der Waals surface area contributed by atoms with Crippen LogP contribution in [0.4, 0.5) is 0 Å². The van der Waals surface area contributed by atoms with Crippen molar-refractivity contribution < 1.29 is 9.32 Å². The Kier molecular flexibility index (Phi) is 5.51. The first-order chi connectivity index (χ1) is 16.0. The van der Waals surface area contributed by atoms with Gasteiger partial charge in [-0.3, -0.25) is 14.5 Å². The number of pyridine rings is 1. The molecular formula is C25H25N5O3. The van der Waals surface area contributed by atoms with Crippen LogP contribution in [-0.4, -0.2) is 57.0 Å². The Morgan fingerprint density at radius 2 is 1.79 bits per heavy atom. The Bertz CT molecular complexity index is 1350. The molecule has 0 radical (unpaired) electrons.